The van der Waals surface area contributed by atoms with E-state index in [2.05, 4.69) is 38.1 Å². The molecule has 18 heavy (non-hydrogen) atoms. The van der Waals surface area contributed by atoms with Gasteiger partial charge in [-0.3, -0.25) is 0 Å². The van der Waals surface area contributed by atoms with E-state index in [1.165, 1.54) is 11.1 Å². The van der Waals surface area contributed by atoms with Crippen molar-refractivity contribution in [2.45, 2.75) is 20.5 Å². The van der Waals surface area contributed by atoms with Gasteiger partial charge in [-0.25, -0.2) is 0 Å². The Balaban J connectivity index is 2.09. The van der Waals surface area contributed by atoms with Crippen molar-refractivity contribution in [3.63, 3.8) is 0 Å². The van der Waals surface area contributed by atoms with E-state index in [9.17, 15) is 0 Å². The molecule has 0 fully saturated rings. The van der Waals surface area contributed by atoms with Gasteiger partial charge in [-0.05, 0) is 37.6 Å². The fourth-order valence-corrected chi connectivity index (χ4v) is 1.97. The Kier molecular flexibility index (Phi) is 3.64. The molecule has 90 valence electrons. The molecule has 2 aromatic rings. The van der Waals surface area contributed by atoms with Gasteiger partial charge in [-0.1, -0.05) is 35.4 Å². The summed E-state index contributed by atoms with van der Waals surface area (Å²) >= 11 is 0. The highest BCUT2D eigenvalue weighted by atomic mass is 16.5. The maximum Gasteiger partial charge on any atom is 0.121 e. The molecular formula is C16H15NO. The Morgan fingerprint density at radius 3 is 2.44 bits per heavy atom. The van der Waals surface area contributed by atoms with E-state index in [1.807, 2.05) is 12.1 Å². The van der Waals surface area contributed by atoms with Crippen LogP contribution < -0.4 is 4.74 Å². The third kappa shape index (κ3) is 3.11. The summed E-state index contributed by atoms with van der Waals surface area (Å²) in [6, 6.07) is 15.7. The lowest BCUT2D eigenvalue weighted by molar-refractivity contribution is 0.306. The van der Waals surface area contributed by atoms with Gasteiger partial charge in [0.1, 0.15) is 12.4 Å². The smallest absolute Gasteiger partial charge is 0.121 e. The van der Waals surface area contributed by atoms with Gasteiger partial charge in [0.25, 0.3) is 0 Å². The van der Waals surface area contributed by atoms with Crippen molar-refractivity contribution in [3.05, 3.63) is 64.7 Å². The molecule has 0 saturated heterocycles. The van der Waals surface area contributed by atoms with Crippen LogP contribution in [0.1, 0.15) is 22.3 Å². The molecule has 0 aliphatic rings. The highest BCUT2D eigenvalue weighted by Crippen LogP contribution is 2.16. The standard InChI is InChI=1S/C16H15NO/c1-12-6-13(2)8-15(7-12)11-18-16-5-3-4-14(9-16)10-17/h3-9H,11H2,1-2H3. The fraction of sp³-hybridized carbons (Fsp3) is 0.188. The van der Waals surface area contributed by atoms with E-state index in [1.54, 1.807) is 12.1 Å². The Bertz CT molecular complexity index is 576. The summed E-state index contributed by atoms with van der Waals surface area (Å²) in [5.41, 5.74) is 4.24. The third-order valence-electron chi connectivity index (χ3n) is 2.65. The number of rotatable bonds is 3. The van der Waals surface area contributed by atoms with Crippen LogP contribution in [0.2, 0.25) is 0 Å². The third-order valence-corrected chi connectivity index (χ3v) is 2.65. The number of aryl methyl sites for hydroxylation is 2. The number of hydrogen-bond donors (Lipinski definition) is 0. The Morgan fingerprint density at radius 2 is 1.78 bits per heavy atom. The molecule has 0 N–H and O–H groups in total. The molecule has 0 radical (unpaired) electrons. The maximum atomic E-state index is 8.81. The van der Waals surface area contributed by atoms with E-state index in [-0.39, 0.29) is 0 Å². The van der Waals surface area contributed by atoms with Crippen LogP contribution in [0.25, 0.3) is 0 Å². The summed E-state index contributed by atoms with van der Waals surface area (Å²) in [5.74, 6) is 0.730. The van der Waals surface area contributed by atoms with Gasteiger partial charge in [0, 0.05) is 0 Å². The molecule has 0 heterocycles. The van der Waals surface area contributed by atoms with E-state index in [4.69, 9.17) is 10.00 Å². The molecule has 0 bridgehead atoms. The lowest BCUT2D eigenvalue weighted by atomic mass is 10.1. The molecule has 0 saturated carbocycles. The van der Waals surface area contributed by atoms with Crippen molar-refractivity contribution in [3.8, 4) is 11.8 Å². The zero-order valence-corrected chi connectivity index (χ0v) is 10.6. The first kappa shape index (κ1) is 12.2. The molecule has 0 aliphatic carbocycles. The SMILES string of the molecule is Cc1cc(C)cc(COc2cccc(C#N)c2)c1. The molecule has 2 nitrogen and oxygen atoms in total. The zero-order chi connectivity index (χ0) is 13.0. The van der Waals surface area contributed by atoms with Crippen molar-refractivity contribution in [1.29, 1.82) is 5.26 Å². The summed E-state index contributed by atoms with van der Waals surface area (Å²) < 4.78 is 5.69. The van der Waals surface area contributed by atoms with Gasteiger partial charge in [0.15, 0.2) is 0 Å². The fourth-order valence-electron chi connectivity index (χ4n) is 1.97. The molecule has 0 aromatic heterocycles. The minimum absolute atomic E-state index is 0.525. The van der Waals surface area contributed by atoms with Crippen molar-refractivity contribution in [2.24, 2.45) is 0 Å². The molecule has 0 aliphatic heterocycles. The second kappa shape index (κ2) is 5.37. The minimum Gasteiger partial charge on any atom is -0.489 e. The van der Waals surface area contributed by atoms with Crippen molar-refractivity contribution in [2.75, 3.05) is 0 Å². The molecular weight excluding hydrogens is 222 g/mol. The predicted molar refractivity (Wildman–Crippen MR) is 71.4 cm³/mol. The number of ether oxygens (including phenoxy) is 1. The topological polar surface area (TPSA) is 33.0 Å². The van der Waals surface area contributed by atoms with Crippen LogP contribution in [-0.2, 0) is 6.61 Å². The lowest BCUT2D eigenvalue weighted by Crippen LogP contribution is -1.96. The van der Waals surface area contributed by atoms with Gasteiger partial charge >= 0.3 is 0 Å². The van der Waals surface area contributed by atoms with E-state index < -0.39 is 0 Å². The minimum atomic E-state index is 0.525. The van der Waals surface area contributed by atoms with E-state index in [0.717, 1.165) is 11.3 Å². The molecule has 2 aromatic carbocycles. The van der Waals surface area contributed by atoms with Crippen LogP contribution in [-0.4, -0.2) is 0 Å². The number of benzene rings is 2. The summed E-state index contributed by atoms with van der Waals surface area (Å²) in [7, 11) is 0. The van der Waals surface area contributed by atoms with Crippen LogP contribution in [0.5, 0.6) is 5.75 Å². The average molecular weight is 237 g/mol. The molecule has 0 spiro atoms. The number of nitriles is 1. The molecule has 0 atom stereocenters. The molecule has 2 heteroatoms. The van der Waals surface area contributed by atoms with Crippen LogP contribution in [0, 0.1) is 25.2 Å². The number of hydrogen-bond acceptors (Lipinski definition) is 2. The largest absolute Gasteiger partial charge is 0.489 e. The van der Waals surface area contributed by atoms with Crippen molar-refractivity contribution in [1.82, 2.24) is 0 Å². The summed E-state index contributed by atoms with van der Waals surface area (Å²) in [5, 5.41) is 8.81. The highest BCUT2D eigenvalue weighted by molar-refractivity contribution is 5.36. The normalized spacial score (nSPS) is 9.83. The zero-order valence-electron chi connectivity index (χ0n) is 10.6. The summed E-state index contributed by atoms with van der Waals surface area (Å²) in [6.45, 7) is 4.68. The van der Waals surface area contributed by atoms with Crippen LogP contribution in [0.4, 0.5) is 0 Å². The summed E-state index contributed by atoms with van der Waals surface area (Å²) in [6.07, 6.45) is 0. The second-order valence-corrected chi connectivity index (χ2v) is 4.42. The monoisotopic (exact) mass is 237 g/mol. The van der Waals surface area contributed by atoms with Gasteiger partial charge < -0.3 is 4.74 Å². The Hall–Kier alpha value is -2.27. The van der Waals surface area contributed by atoms with Crippen molar-refractivity contribution < 1.29 is 4.74 Å². The maximum absolute atomic E-state index is 8.81. The van der Waals surface area contributed by atoms with Gasteiger partial charge in [0.2, 0.25) is 0 Å². The lowest BCUT2D eigenvalue weighted by Gasteiger charge is -2.08. The highest BCUT2D eigenvalue weighted by Gasteiger charge is 1.99. The van der Waals surface area contributed by atoms with Gasteiger partial charge in [-0.2, -0.15) is 5.26 Å². The molecule has 0 amide bonds. The van der Waals surface area contributed by atoms with E-state index >= 15 is 0 Å². The predicted octanol–water partition coefficient (Wildman–Crippen LogP) is 3.75. The van der Waals surface area contributed by atoms with E-state index in [0.29, 0.717) is 12.2 Å². The first-order chi connectivity index (χ1) is 8.67. The molecule has 2 rings (SSSR count). The Morgan fingerprint density at radius 1 is 1.06 bits per heavy atom. The second-order valence-electron chi connectivity index (χ2n) is 4.42. The quantitative estimate of drug-likeness (QED) is 0.814. The first-order valence-electron chi connectivity index (χ1n) is 5.87. The number of nitrogens with zero attached hydrogens (tertiary/aromatic N) is 1. The van der Waals surface area contributed by atoms with Crippen LogP contribution in [0.3, 0.4) is 0 Å². The van der Waals surface area contributed by atoms with Crippen molar-refractivity contribution >= 4 is 0 Å². The summed E-state index contributed by atoms with van der Waals surface area (Å²) in [4.78, 5) is 0. The average Bonchev–Trinajstić information content (AvgIpc) is 2.35. The first-order valence-corrected chi connectivity index (χ1v) is 5.87. The Labute approximate surface area is 107 Å². The van der Waals surface area contributed by atoms with Gasteiger partial charge in [-0.15, -0.1) is 0 Å². The molecule has 0 unspecified atom stereocenters. The van der Waals surface area contributed by atoms with Crippen LogP contribution in [0.15, 0.2) is 42.5 Å². The van der Waals surface area contributed by atoms with Gasteiger partial charge in [0.05, 0.1) is 11.6 Å². The van der Waals surface area contributed by atoms with Crippen LogP contribution >= 0.6 is 0 Å².